The van der Waals surface area contributed by atoms with Crippen molar-refractivity contribution in [2.75, 3.05) is 19.5 Å². The highest BCUT2D eigenvalue weighted by molar-refractivity contribution is 5.90. The summed E-state index contributed by atoms with van der Waals surface area (Å²) >= 11 is 0. The van der Waals surface area contributed by atoms with Crippen LogP contribution in [0.4, 0.5) is 10.5 Å². The Kier molecular flexibility index (Phi) is 6.81. The van der Waals surface area contributed by atoms with E-state index in [2.05, 4.69) is 10.6 Å². The number of carbonyl (C=O) groups is 3. The van der Waals surface area contributed by atoms with Crippen molar-refractivity contribution in [1.82, 2.24) is 10.2 Å². The van der Waals surface area contributed by atoms with E-state index < -0.39 is 5.97 Å². The Hall–Kier alpha value is -3.29. The molecule has 0 saturated heterocycles. The van der Waals surface area contributed by atoms with Crippen molar-refractivity contribution in [2.24, 2.45) is 0 Å². The minimum Gasteiger partial charge on any atom is -0.465 e. The van der Waals surface area contributed by atoms with Gasteiger partial charge in [0.2, 0.25) is 5.91 Å². The zero-order chi connectivity index (χ0) is 20.8. The van der Waals surface area contributed by atoms with E-state index in [4.69, 9.17) is 9.15 Å². The lowest BCUT2D eigenvalue weighted by Gasteiger charge is -2.21. The molecule has 28 heavy (non-hydrogen) atoms. The summed E-state index contributed by atoms with van der Waals surface area (Å²) in [6.07, 6.45) is 0. The van der Waals surface area contributed by atoms with E-state index in [1.165, 1.54) is 18.9 Å². The van der Waals surface area contributed by atoms with Gasteiger partial charge >= 0.3 is 12.0 Å². The van der Waals surface area contributed by atoms with Crippen LogP contribution in [-0.4, -0.2) is 37.0 Å². The number of anilines is 1. The first-order valence-corrected chi connectivity index (χ1v) is 8.78. The van der Waals surface area contributed by atoms with Crippen LogP contribution >= 0.6 is 0 Å². The summed E-state index contributed by atoms with van der Waals surface area (Å²) in [7, 11) is 2.93. The van der Waals surface area contributed by atoms with Crippen LogP contribution in [0.2, 0.25) is 0 Å². The van der Waals surface area contributed by atoms with Gasteiger partial charge in [0.1, 0.15) is 17.1 Å². The Morgan fingerprint density at radius 3 is 2.61 bits per heavy atom. The first kappa shape index (κ1) is 21.0. The third-order valence-electron chi connectivity index (χ3n) is 4.16. The minimum atomic E-state index is -0.479. The minimum absolute atomic E-state index is 0.159. The maximum absolute atomic E-state index is 12.5. The number of carbonyl (C=O) groups excluding carboxylic acids is 3. The van der Waals surface area contributed by atoms with Crippen LogP contribution in [0.25, 0.3) is 0 Å². The van der Waals surface area contributed by atoms with Crippen molar-refractivity contribution in [3.05, 3.63) is 53.0 Å². The fraction of sp³-hybridized carbons (Fsp3) is 0.350. The summed E-state index contributed by atoms with van der Waals surface area (Å²) in [6.45, 7) is 5.15. The highest BCUT2D eigenvalue weighted by atomic mass is 16.5. The number of furan rings is 1. The van der Waals surface area contributed by atoms with Crippen LogP contribution in [0.5, 0.6) is 0 Å². The van der Waals surface area contributed by atoms with Gasteiger partial charge in [0, 0.05) is 19.7 Å². The smallest absolute Gasteiger partial charge is 0.341 e. The largest absolute Gasteiger partial charge is 0.465 e. The molecule has 2 aromatic rings. The molecule has 0 aliphatic rings. The molecule has 1 aromatic carbocycles. The molecule has 0 radical (unpaired) electrons. The zero-order valence-corrected chi connectivity index (χ0v) is 16.7. The van der Waals surface area contributed by atoms with Crippen LogP contribution in [0, 0.1) is 6.92 Å². The number of aryl methyl sites for hydroxylation is 1. The third-order valence-corrected chi connectivity index (χ3v) is 4.16. The van der Waals surface area contributed by atoms with Crippen LogP contribution in [0.15, 0.2) is 34.7 Å². The monoisotopic (exact) mass is 387 g/mol. The molecule has 2 rings (SSSR count). The molecule has 8 heteroatoms. The molecule has 1 aromatic heterocycles. The molecule has 1 heterocycles. The van der Waals surface area contributed by atoms with Gasteiger partial charge in [-0.1, -0.05) is 12.1 Å². The number of hydrogen-bond donors (Lipinski definition) is 2. The van der Waals surface area contributed by atoms with Gasteiger partial charge in [0.25, 0.3) is 0 Å². The second-order valence-electron chi connectivity index (χ2n) is 6.51. The summed E-state index contributed by atoms with van der Waals surface area (Å²) < 4.78 is 10.2. The van der Waals surface area contributed by atoms with Gasteiger partial charge in [-0.3, -0.25) is 4.79 Å². The van der Waals surface area contributed by atoms with Crippen LogP contribution in [0.1, 0.15) is 47.3 Å². The summed E-state index contributed by atoms with van der Waals surface area (Å²) in [5.74, 6) is 0.288. The maximum Gasteiger partial charge on any atom is 0.341 e. The summed E-state index contributed by atoms with van der Waals surface area (Å²) in [5.41, 5.74) is 1.87. The number of benzene rings is 1. The molecule has 0 saturated carbocycles. The molecule has 0 spiro atoms. The number of ether oxygens (including phenoxy) is 1. The topological polar surface area (TPSA) is 101 Å². The molecule has 1 atom stereocenters. The maximum atomic E-state index is 12.5. The Morgan fingerprint density at radius 2 is 1.96 bits per heavy atom. The lowest BCUT2D eigenvalue weighted by Crippen LogP contribution is -2.38. The van der Waals surface area contributed by atoms with Crippen LogP contribution in [0.3, 0.4) is 0 Å². The van der Waals surface area contributed by atoms with Crippen LogP contribution in [-0.2, 0) is 16.1 Å². The predicted octanol–water partition coefficient (Wildman–Crippen LogP) is 3.24. The second-order valence-corrected chi connectivity index (χ2v) is 6.51. The molecule has 0 bridgehead atoms. The van der Waals surface area contributed by atoms with Crippen molar-refractivity contribution >= 4 is 23.6 Å². The van der Waals surface area contributed by atoms with Crippen LogP contribution < -0.4 is 10.6 Å². The van der Waals surface area contributed by atoms with Gasteiger partial charge in [-0.2, -0.15) is 0 Å². The predicted molar refractivity (Wildman–Crippen MR) is 104 cm³/mol. The van der Waals surface area contributed by atoms with Crippen molar-refractivity contribution in [3.63, 3.8) is 0 Å². The van der Waals surface area contributed by atoms with Gasteiger partial charge in [-0.05, 0) is 37.6 Å². The molecular formula is C20H25N3O5. The summed E-state index contributed by atoms with van der Waals surface area (Å²) in [6, 6.07) is 8.28. The molecule has 150 valence electrons. The van der Waals surface area contributed by atoms with Gasteiger partial charge in [0.05, 0.1) is 19.7 Å². The average Bonchev–Trinajstić information content (AvgIpc) is 3.00. The lowest BCUT2D eigenvalue weighted by molar-refractivity contribution is -0.114. The number of nitrogens with zero attached hydrogens (tertiary/aromatic N) is 1. The molecule has 8 nitrogen and oxygen atoms in total. The van der Waals surface area contributed by atoms with Crippen molar-refractivity contribution in [2.45, 2.75) is 33.4 Å². The Morgan fingerprint density at radius 1 is 1.25 bits per heavy atom. The number of rotatable bonds is 6. The van der Waals surface area contributed by atoms with Gasteiger partial charge in [-0.25, -0.2) is 9.59 Å². The molecule has 0 aliphatic heterocycles. The van der Waals surface area contributed by atoms with E-state index in [9.17, 15) is 14.4 Å². The summed E-state index contributed by atoms with van der Waals surface area (Å²) in [4.78, 5) is 36.8. The quantitative estimate of drug-likeness (QED) is 0.741. The molecule has 3 amide bonds. The first-order chi connectivity index (χ1) is 13.2. The summed E-state index contributed by atoms with van der Waals surface area (Å²) in [5, 5.41) is 5.61. The Balaban J connectivity index is 2.00. The van der Waals surface area contributed by atoms with E-state index >= 15 is 0 Å². The first-order valence-electron chi connectivity index (χ1n) is 8.78. The number of methoxy groups -OCH3 is 1. The van der Waals surface area contributed by atoms with E-state index in [0.29, 0.717) is 22.8 Å². The molecule has 0 fully saturated rings. The van der Waals surface area contributed by atoms with E-state index in [0.717, 1.165) is 5.56 Å². The highest BCUT2D eigenvalue weighted by Gasteiger charge is 2.19. The lowest BCUT2D eigenvalue weighted by atomic mass is 10.1. The fourth-order valence-electron chi connectivity index (χ4n) is 2.71. The van der Waals surface area contributed by atoms with Crippen molar-refractivity contribution in [3.8, 4) is 0 Å². The van der Waals surface area contributed by atoms with Gasteiger partial charge in [-0.15, -0.1) is 0 Å². The average molecular weight is 387 g/mol. The molecule has 2 N–H and O–H groups in total. The Labute approximate surface area is 163 Å². The molecule has 1 unspecified atom stereocenters. The number of amides is 3. The fourth-order valence-corrected chi connectivity index (χ4v) is 2.71. The van der Waals surface area contributed by atoms with Crippen molar-refractivity contribution in [1.29, 1.82) is 0 Å². The van der Waals surface area contributed by atoms with Crippen molar-refractivity contribution < 1.29 is 23.5 Å². The highest BCUT2D eigenvalue weighted by Crippen LogP contribution is 2.19. The Bertz CT molecular complexity index is 874. The molecule has 0 aliphatic carbocycles. The van der Waals surface area contributed by atoms with E-state index in [1.807, 2.05) is 25.1 Å². The number of urea groups is 1. The normalized spacial score (nSPS) is 11.5. The number of hydrogen-bond acceptors (Lipinski definition) is 5. The molecular weight excluding hydrogens is 362 g/mol. The third kappa shape index (κ3) is 5.35. The van der Waals surface area contributed by atoms with E-state index in [1.54, 1.807) is 26.1 Å². The van der Waals surface area contributed by atoms with Gasteiger partial charge in [0.15, 0.2) is 0 Å². The van der Waals surface area contributed by atoms with E-state index in [-0.39, 0.29) is 24.5 Å². The number of nitrogens with one attached hydrogen (secondary N) is 2. The zero-order valence-electron chi connectivity index (χ0n) is 16.7. The second kappa shape index (κ2) is 9.07. The number of esters is 1. The SMILES string of the molecule is COC(=O)c1cc(CN(C)C(=O)NC(C)c2cccc(NC(C)=O)c2)oc1C. The standard InChI is InChI=1S/C20H25N3O5/c1-12(15-7-6-8-16(9-15)22-14(3)24)21-20(26)23(4)11-17-10-18(13(2)28-17)19(25)27-5/h6-10,12H,11H2,1-5H3,(H,21,26)(H,22,24). The van der Waals surface area contributed by atoms with Gasteiger partial charge < -0.3 is 24.7 Å².